The summed E-state index contributed by atoms with van der Waals surface area (Å²) in [6, 6.07) is 15.1. The van der Waals surface area contributed by atoms with Crippen molar-refractivity contribution in [2.45, 2.75) is 16.7 Å². The lowest BCUT2D eigenvalue weighted by Crippen LogP contribution is -2.04. The Hall–Kier alpha value is -2.99. The van der Waals surface area contributed by atoms with Gasteiger partial charge in [0.1, 0.15) is 16.4 Å². The van der Waals surface area contributed by atoms with Crippen molar-refractivity contribution in [3.63, 3.8) is 0 Å². The molecule has 1 aromatic heterocycles. The van der Waals surface area contributed by atoms with Crippen LogP contribution in [0.2, 0.25) is 0 Å². The van der Waals surface area contributed by atoms with Gasteiger partial charge >= 0.3 is 11.6 Å². The smallest absolute Gasteiger partial charge is 0.354 e. The molecule has 0 amide bonds. The molecule has 5 nitrogen and oxygen atoms in total. The Morgan fingerprint density at radius 2 is 1.80 bits per heavy atom. The van der Waals surface area contributed by atoms with E-state index in [2.05, 4.69) is 0 Å². The van der Waals surface area contributed by atoms with Crippen LogP contribution in [-0.2, 0) is 0 Å². The molecule has 0 atom stereocenters. The van der Waals surface area contributed by atoms with E-state index >= 15 is 0 Å². The van der Waals surface area contributed by atoms with Gasteiger partial charge in [-0.05, 0) is 24.6 Å². The molecule has 3 rings (SSSR count). The van der Waals surface area contributed by atoms with Gasteiger partial charge in [-0.15, -0.1) is 0 Å². The van der Waals surface area contributed by atoms with Crippen molar-refractivity contribution in [2.75, 3.05) is 0 Å². The van der Waals surface area contributed by atoms with E-state index in [9.17, 15) is 19.8 Å². The Bertz CT molecular complexity index is 992. The highest BCUT2D eigenvalue weighted by atomic mass is 32.2. The molecule has 0 spiro atoms. The maximum Gasteiger partial charge on any atom is 0.354 e. The van der Waals surface area contributed by atoms with E-state index in [1.165, 1.54) is 12.1 Å². The average Bonchev–Trinajstić information content (AvgIpc) is 2.59. The number of aromatic hydroxyl groups is 1. The number of benzene rings is 2. The number of carboxylic acid groups (broad SMARTS) is 1. The van der Waals surface area contributed by atoms with Gasteiger partial charge in [0.25, 0.3) is 0 Å². The quantitative estimate of drug-likeness (QED) is 0.731. The first kappa shape index (κ1) is 16.9. The van der Waals surface area contributed by atoms with Gasteiger partial charge in [-0.1, -0.05) is 48.2 Å². The van der Waals surface area contributed by atoms with E-state index in [0.717, 1.165) is 11.8 Å². The molecule has 2 aromatic carbocycles. The average molecular weight is 354 g/mol. The van der Waals surface area contributed by atoms with Crippen LogP contribution in [0.3, 0.4) is 0 Å². The van der Waals surface area contributed by atoms with Crippen molar-refractivity contribution in [2.24, 2.45) is 0 Å². The third-order valence-electron chi connectivity index (χ3n) is 3.67. The zero-order valence-electron chi connectivity index (χ0n) is 13.2. The van der Waals surface area contributed by atoms with Gasteiger partial charge in [-0.2, -0.15) is 0 Å². The summed E-state index contributed by atoms with van der Waals surface area (Å²) in [5.74, 6) is -0.987. The van der Waals surface area contributed by atoms with E-state index in [1.54, 1.807) is 43.3 Å². The van der Waals surface area contributed by atoms with Crippen molar-refractivity contribution < 1.29 is 19.4 Å². The third kappa shape index (κ3) is 3.44. The highest BCUT2D eigenvalue weighted by Crippen LogP contribution is 2.36. The summed E-state index contributed by atoms with van der Waals surface area (Å²) in [5, 5.41) is 19.5. The standard InChI is InChI=1S/C19H14O5S/c1-11-13(18(21)22)8-5-9-16(11)25-17-14(20)10-15(24-19(17)23)12-6-3-2-4-7-12/h2-10,20H,1H3,(H,21,22). The van der Waals surface area contributed by atoms with Crippen molar-refractivity contribution in [1.29, 1.82) is 0 Å². The number of carbonyl (C=O) groups is 1. The van der Waals surface area contributed by atoms with Crippen LogP contribution >= 0.6 is 11.8 Å². The number of carboxylic acids is 1. The number of hydrogen-bond acceptors (Lipinski definition) is 5. The van der Waals surface area contributed by atoms with Crippen LogP contribution < -0.4 is 5.63 Å². The van der Waals surface area contributed by atoms with E-state index < -0.39 is 11.6 Å². The second kappa shape index (κ2) is 6.86. The van der Waals surface area contributed by atoms with Crippen molar-refractivity contribution in [3.05, 3.63) is 76.1 Å². The van der Waals surface area contributed by atoms with E-state index in [4.69, 9.17) is 4.42 Å². The van der Waals surface area contributed by atoms with E-state index in [0.29, 0.717) is 16.0 Å². The normalized spacial score (nSPS) is 10.6. The van der Waals surface area contributed by atoms with Gasteiger partial charge in [0.2, 0.25) is 0 Å². The molecule has 0 saturated heterocycles. The molecule has 2 N–H and O–H groups in total. The van der Waals surface area contributed by atoms with Crippen LogP contribution in [-0.4, -0.2) is 16.2 Å². The molecular weight excluding hydrogens is 340 g/mol. The first-order chi connectivity index (χ1) is 12.0. The largest absolute Gasteiger partial charge is 0.506 e. The summed E-state index contributed by atoms with van der Waals surface area (Å²) in [6.07, 6.45) is 0. The predicted octanol–water partition coefficient (Wildman–Crippen LogP) is 4.17. The maximum atomic E-state index is 12.3. The van der Waals surface area contributed by atoms with Crippen LogP contribution in [0.4, 0.5) is 0 Å². The summed E-state index contributed by atoms with van der Waals surface area (Å²) >= 11 is 0.983. The summed E-state index contributed by atoms with van der Waals surface area (Å²) in [7, 11) is 0. The summed E-state index contributed by atoms with van der Waals surface area (Å²) < 4.78 is 5.31. The van der Waals surface area contributed by atoms with Gasteiger partial charge in [-0.25, -0.2) is 9.59 Å². The minimum atomic E-state index is -1.05. The Morgan fingerprint density at radius 1 is 1.08 bits per heavy atom. The first-order valence-electron chi connectivity index (χ1n) is 7.40. The van der Waals surface area contributed by atoms with Gasteiger partial charge in [0.15, 0.2) is 0 Å². The van der Waals surface area contributed by atoms with E-state index in [-0.39, 0.29) is 22.0 Å². The first-order valence-corrected chi connectivity index (χ1v) is 8.22. The van der Waals surface area contributed by atoms with Crippen LogP contribution in [0.15, 0.2) is 73.6 Å². The molecule has 3 aromatic rings. The second-order valence-electron chi connectivity index (χ2n) is 5.31. The highest BCUT2D eigenvalue weighted by molar-refractivity contribution is 7.99. The molecule has 0 saturated carbocycles. The molecule has 0 aliphatic rings. The fraction of sp³-hybridized carbons (Fsp3) is 0.0526. The fourth-order valence-electron chi connectivity index (χ4n) is 2.38. The third-order valence-corrected chi connectivity index (χ3v) is 4.92. The fourth-order valence-corrected chi connectivity index (χ4v) is 3.29. The molecule has 0 unspecified atom stereocenters. The summed E-state index contributed by atoms with van der Waals surface area (Å²) in [4.78, 5) is 24.1. The molecule has 126 valence electrons. The van der Waals surface area contributed by atoms with Crippen molar-refractivity contribution in [1.82, 2.24) is 0 Å². The molecular formula is C19H14O5S. The zero-order valence-corrected chi connectivity index (χ0v) is 14.0. The van der Waals surface area contributed by atoms with Gasteiger partial charge in [0.05, 0.1) is 5.56 Å². The van der Waals surface area contributed by atoms with Crippen molar-refractivity contribution >= 4 is 17.7 Å². The van der Waals surface area contributed by atoms with Crippen LogP contribution in [0.1, 0.15) is 15.9 Å². The van der Waals surface area contributed by atoms with Crippen LogP contribution in [0.25, 0.3) is 11.3 Å². The zero-order chi connectivity index (χ0) is 18.0. The molecule has 1 heterocycles. The Labute approximate surface area is 147 Å². The topological polar surface area (TPSA) is 87.7 Å². The molecule has 25 heavy (non-hydrogen) atoms. The molecule has 0 aliphatic carbocycles. The number of rotatable bonds is 4. The second-order valence-corrected chi connectivity index (χ2v) is 6.37. The highest BCUT2D eigenvalue weighted by Gasteiger charge is 2.17. The lowest BCUT2D eigenvalue weighted by molar-refractivity contribution is 0.0696. The Balaban J connectivity index is 2.01. The van der Waals surface area contributed by atoms with Crippen LogP contribution in [0.5, 0.6) is 5.75 Å². The van der Waals surface area contributed by atoms with Gasteiger partial charge < -0.3 is 14.6 Å². The van der Waals surface area contributed by atoms with Crippen molar-refractivity contribution in [3.8, 4) is 17.1 Å². The van der Waals surface area contributed by atoms with E-state index in [1.807, 2.05) is 6.07 Å². The number of hydrogen-bond donors (Lipinski definition) is 2. The minimum absolute atomic E-state index is 0.0188. The summed E-state index contributed by atoms with van der Waals surface area (Å²) in [6.45, 7) is 1.66. The molecule has 0 fully saturated rings. The molecule has 0 aliphatic heterocycles. The molecule has 0 radical (unpaired) electrons. The predicted molar refractivity (Wildman–Crippen MR) is 94.3 cm³/mol. The SMILES string of the molecule is Cc1c(Sc2c(O)cc(-c3ccccc3)oc2=O)cccc1C(=O)O. The van der Waals surface area contributed by atoms with Gasteiger partial charge in [-0.3, -0.25) is 0 Å². The number of aromatic carboxylic acids is 1. The van der Waals surface area contributed by atoms with Crippen LogP contribution in [0, 0.1) is 6.92 Å². The maximum absolute atomic E-state index is 12.3. The summed E-state index contributed by atoms with van der Waals surface area (Å²) in [5.41, 5.74) is 0.667. The molecule has 6 heteroatoms. The minimum Gasteiger partial charge on any atom is -0.506 e. The monoisotopic (exact) mass is 354 g/mol. The Kier molecular flexibility index (Phi) is 4.63. The lowest BCUT2D eigenvalue weighted by Gasteiger charge is -2.09. The lowest BCUT2D eigenvalue weighted by atomic mass is 10.1. The van der Waals surface area contributed by atoms with Gasteiger partial charge in [0, 0.05) is 16.5 Å². The molecule has 0 bridgehead atoms. The Morgan fingerprint density at radius 3 is 2.44 bits per heavy atom.